The van der Waals surface area contributed by atoms with Gasteiger partial charge in [-0.3, -0.25) is 4.99 Å². The average Bonchev–Trinajstić information content (AvgIpc) is 3.21. The molecular weight excluding hydrogens is 453 g/mol. The summed E-state index contributed by atoms with van der Waals surface area (Å²) in [6.45, 7) is 7.13. The van der Waals surface area contributed by atoms with Crippen LogP contribution >= 0.6 is 24.0 Å². The number of halogens is 1. The fourth-order valence-electron chi connectivity index (χ4n) is 3.36. The number of hydrogen-bond acceptors (Lipinski definition) is 3. The number of hydrogen-bond donors (Lipinski definition) is 2. The molecular formula is C21H34IN3O2. The maximum atomic E-state index is 5.81. The van der Waals surface area contributed by atoms with Crippen LogP contribution in [0.3, 0.4) is 0 Å². The van der Waals surface area contributed by atoms with E-state index in [1.54, 1.807) is 0 Å². The number of rotatable bonds is 10. The Kier molecular flexibility index (Phi) is 9.86. The zero-order valence-electron chi connectivity index (χ0n) is 16.4. The van der Waals surface area contributed by atoms with Crippen LogP contribution in [0.1, 0.15) is 38.2 Å². The van der Waals surface area contributed by atoms with E-state index in [2.05, 4.69) is 47.9 Å². The topological polar surface area (TPSA) is 54.9 Å². The number of guanidine groups is 1. The molecule has 2 fully saturated rings. The van der Waals surface area contributed by atoms with Crippen LogP contribution in [0, 0.1) is 5.41 Å². The predicted molar refractivity (Wildman–Crippen MR) is 121 cm³/mol. The second-order valence-corrected chi connectivity index (χ2v) is 7.49. The molecule has 1 saturated heterocycles. The molecule has 0 radical (unpaired) electrons. The highest BCUT2D eigenvalue weighted by Gasteiger charge is 2.42. The highest BCUT2D eigenvalue weighted by atomic mass is 127. The van der Waals surface area contributed by atoms with Gasteiger partial charge in [0.1, 0.15) is 0 Å². The van der Waals surface area contributed by atoms with Crippen molar-refractivity contribution in [1.82, 2.24) is 10.6 Å². The summed E-state index contributed by atoms with van der Waals surface area (Å²) in [6, 6.07) is 10.8. The summed E-state index contributed by atoms with van der Waals surface area (Å²) in [7, 11) is 0. The van der Waals surface area contributed by atoms with Crippen molar-refractivity contribution < 1.29 is 9.47 Å². The minimum absolute atomic E-state index is 0. The second-order valence-electron chi connectivity index (χ2n) is 7.49. The Labute approximate surface area is 180 Å². The van der Waals surface area contributed by atoms with Crippen molar-refractivity contribution in [3.8, 4) is 0 Å². The van der Waals surface area contributed by atoms with Gasteiger partial charge in [0.2, 0.25) is 0 Å². The van der Waals surface area contributed by atoms with Crippen LogP contribution in [0.25, 0.3) is 0 Å². The molecule has 1 unspecified atom stereocenters. The first-order valence-electron chi connectivity index (χ1n) is 10.1. The van der Waals surface area contributed by atoms with Gasteiger partial charge in [-0.2, -0.15) is 0 Å². The molecule has 0 amide bonds. The predicted octanol–water partition coefficient (Wildman–Crippen LogP) is 3.38. The van der Waals surface area contributed by atoms with Gasteiger partial charge >= 0.3 is 0 Å². The monoisotopic (exact) mass is 487 g/mol. The number of ether oxygens (including phenoxy) is 2. The minimum Gasteiger partial charge on any atom is -0.379 e. The van der Waals surface area contributed by atoms with E-state index in [4.69, 9.17) is 14.5 Å². The lowest BCUT2D eigenvalue weighted by atomic mass is 9.97. The standard InChI is InChI=1S/C21H33N3O2.HI/c1-2-22-20(23-12-6-13-26-19-9-14-25-16-19)24-17-21(10-11-21)15-18-7-4-3-5-8-18;/h3-5,7-8,19H,2,6,9-17H2,1H3,(H2,22,23,24);1H. The van der Waals surface area contributed by atoms with Gasteiger partial charge in [0.15, 0.2) is 5.96 Å². The third-order valence-electron chi connectivity index (χ3n) is 5.15. The summed E-state index contributed by atoms with van der Waals surface area (Å²) >= 11 is 0. The van der Waals surface area contributed by atoms with Crippen molar-refractivity contribution in [3.05, 3.63) is 35.9 Å². The Morgan fingerprint density at radius 2 is 2.07 bits per heavy atom. The van der Waals surface area contributed by atoms with E-state index in [0.717, 1.165) is 64.7 Å². The number of nitrogens with zero attached hydrogens (tertiary/aromatic N) is 1. The van der Waals surface area contributed by atoms with Crippen molar-refractivity contribution in [2.75, 3.05) is 39.5 Å². The van der Waals surface area contributed by atoms with Gasteiger partial charge in [0.05, 0.1) is 12.7 Å². The molecule has 2 N–H and O–H groups in total. The van der Waals surface area contributed by atoms with Crippen LogP contribution in [0.4, 0.5) is 0 Å². The van der Waals surface area contributed by atoms with E-state index < -0.39 is 0 Å². The molecule has 1 aliphatic heterocycles. The molecule has 0 spiro atoms. The summed E-state index contributed by atoms with van der Waals surface area (Å²) < 4.78 is 11.1. The summed E-state index contributed by atoms with van der Waals surface area (Å²) in [4.78, 5) is 4.85. The van der Waals surface area contributed by atoms with Crippen LogP contribution in [0.5, 0.6) is 0 Å². The van der Waals surface area contributed by atoms with Crippen molar-refractivity contribution in [3.63, 3.8) is 0 Å². The molecule has 1 aromatic carbocycles. The Bertz CT molecular complexity index is 558. The first-order chi connectivity index (χ1) is 12.8. The van der Waals surface area contributed by atoms with E-state index in [-0.39, 0.29) is 24.0 Å². The number of aliphatic imine (C=N–C) groups is 1. The maximum absolute atomic E-state index is 5.81. The maximum Gasteiger partial charge on any atom is 0.191 e. The molecule has 1 saturated carbocycles. The Morgan fingerprint density at radius 3 is 2.74 bits per heavy atom. The largest absolute Gasteiger partial charge is 0.379 e. The molecule has 1 aromatic rings. The van der Waals surface area contributed by atoms with Gasteiger partial charge in [-0.15, -0.1) is 24.0 Å². The fourth-order valence-corrected chi connectivity index (χ4v) is 3.36. The summed E-state index contributed by atoms with van der Waals surface area (Å²) in [6.07, 6.45) is 6.00. The van der Waals surface area contributed by atoms with E-state index in [1.165, 1.54) is 18.4 Å². The highest BCUT2D eigenvalue weighted by Crippen LogP contribution is 2.48. The van der Waals surface area contributed by atoms with Crippen molar-refractivity contribution >= 4 is 29.9 Å². The minimum atomic E-state index is 0. The molecule has 1 heterocycles. The molecule has 5 nitrogen and oxygen atoms in total. The summed E-state index contributed by atoms with van der Waals surface area (Å²) in [5, 5.41) is 6.79. The lowest BCUT2D eigenvalue weighted by Crippen LogP contribution is -2.38. The Balaban J connectivity index is 0.00000261. The smallest absolute Gasteiger partial charge is 0.191 e. The lowest BCUT2D eigenvalue weighted by Gasteiger charge is -2.16. The molecule has 2 aliphatic rings. The number of benzene rings is 1. The van der Waals surface area contributed by atoms with Crippen molar-refractivity contribution in [2.24, 2.45) is 10.4 Å². The molecule has 0 bridgehead atoms. The van der Waals surface area contributed by atoms with Crippen molar-refractivity contribution in [1.29, 1.82) is 0 Å². The summed E-state index contributed by atoms with van der Waals surface area (Å²) in [5.74, 6) is 0.927. The zero-order valence-corrected chi connectivity index (χ0v) is 18.7. The van der Waals surface area contributed by atoms with E-state index >= 15 is 0 Å². The lowest BCUT2D eigenvalue weighted by molar-refractivity contribution is 0.0420. The van der Waals surface area contributed by atoms with Crippen LogP contribution < -0.4 is 10.6 Å². The van der Waals surface area contributed by atoms with Crippen molar-refractivity contribution in [2.45, 2.75) is 45.1 Å². The third-order valence-corrected chi connectivity index (χ3v) is 5.15. The third kappa shape index (κ3) is 7.95. The van der Waals surface area contributed by atoms with Crippen LogP contribution in [-0.2, 0) is 15.9 Å². The molecule has 1 atom stereocenters. The normalized spacial score (nSPS) is 20.8. The molecule has 1 aliphatic carbocycles. The van der Waals surface area contributed by atoms with Gasteiger partial charge in [0, 0.05) is 32.8 Å². The Morgan fingerprint density at radius 1 is 1.26 bits per heavy atom. The molecule has 6 heteroatoms. The van der Waals surface area contributed by atoms with Gasteiger partial charge in [-0.25, -0.2) is 0 Å². The first-order valence-corrected chi connectivity index (χ1v) is 10.1. The molecule has 152 valence electrons. The summed E-state index contributed by atoms with van der Waals surface area (Å²) in [5.41, 5.74) is 1.79. The number of nitrogens with one attached hydrogen (secondary N) is 2. The molecule has 3 rings (SSSR count). The van der Waals surface area contributed by atoms with E-state index in [9.17, 15) is 0 Å². The zero-order chi connectivity index (χ0) is 18.1. The second kappa shape index (κ2) is 11.9. The van der Waals surface area contributed by atoms with Gasteiger partial charge in [-0.1, -0.05) is 30.3 Å². The van der Waals surface area contributed by atoms with Gasteiger partial charge in [-0.05, 0) is 50.0 Å². The average molecular weight is 487 g/mol. The molecule has 27 heavy (non-hydrogen) atoms. The van der Waals surface area contributed by atoms with Gasteiger partial charge in [0.25, 0.3) is 0 Å². The van der Waals surface area contributed by atoms with Crippen LogP contribution in [0.15, 0.2) is 35.3 Å². The SMILES string of the molecule is CCNC(=NCC1(Cc2ccccc2)CC1)NCCCOC1CCOC1.I. The van der Waals surface area contributed by atoms with E-state index in [0.29, 0.717) is 11.5 Å². The van der Waals surface area contributed by atoms with Crippen LogP contribution in [0.2, 0.25) is 0 Å². The molecule has 0 aromatic heterocycles. The fraction of sp³-hybridized carbons (Fsp3) is 0.667. The quantitative estimate of drug-likeness (QED) is 0.230. The van der Waals surface area contributed by atoms with Crippen LogP contribution in [-0.4, -0.2) is 51.5 Å². The van der Waals surface area contributed by atoms with E-state index in [1.807, 2.05) is 0 Å². The Hall–Kier alpha value is -0.860. The van der Waals surface area contributed by atoms with Gasteiger partial charge < -0.3 is 20.1 Å². The first kappa shape index (κ1) is 22.4. The highest BCUT2D eigenvalue weighted by molar-refractivity contribution is 14.0.